The smallest absolute Gasteiger partial charge is 0.0320 e. The fourth-order valence-corrected chi connectivity index (χ4v) is 3.07. The van der Waals surface area contributed by atoms with Gasteiger partial charge in [-0.1, -0.05) is 19.1 Å². The first-order chi connectivity index (χ1) is 8.70. The maximum absolute atomic E-state index is 3.59. The minimum Gasteiger partial charge on any atom is -0.313 e. The lowest BCUT2D eigenvalue weighted by atomic mass is 10.1. The van der Waals surface area contributed by atoms with Crippen molar-refractivity contribution in [3.63, 3.8) is 0 Å². The first-order valence-electron chi connectivity index (χ1n) is 6.93. The Morgan fingerprint density at radius 1 is 1.39 bits per heavy atom. The molecule has 1 heterocycles. The van der Waals surface area contributed by atoms with Crippen LogP contribution in [0.15, 0.2) is 24.3 Å². The number of benzene rings is 1. The fraction of sp³-hybridized carbons (Fsp3) is 0.600. The van der Waals surface area contributed by atoms with E-state index in [1.165, 1.54) is 35.1 Å². The Hall–Kier alpha value is -0.130. The molecule has 1 aromatic rings. The zero-order chi connectivity index (χ0) is 13.0. The lowest BCUT2D eigenvalue weighted by Gasteiger charge is -2.30. The maximum atomic E-state index is 3.59. The van der Waals surface area contributed by atoms with Crippen LogP contribution in [0.1, 0.15) is 38.3 Å². The van der Waals surface area contributed by atoms with Crippen molar-refractivity contribution in [2.45, 2.75) is 38.8 Å². The van der Waals surface area contributed by atoms with Gasteiger partial charge in [-0.2, -0.15) is 0 Å². The van der Waals surface area contributed by atoms with Crippen LogP contribution in [0.25, 0.3) is 0 Å². The van der Waals surface area contributed by atoms with Crippen molar-refractivity contribution in [2.24, 2.45) is 0 Å². The molecule has 1 aliphatic rings. The SMILES string of the molecule is CCN(CC1CCCN1)C(C)c1ccc(I)cc1. The molecule has 2 atom stereocenters. The first kappa shape index (κ1) is 14.3. The number of rotatable bonds is 5. The van der Waals surface area contributed by atoms with Crippen LogP contribution in [0.4, 0.5) is 0 Å². The molecule has 0 saturated carbocycles. The van der Waals surface area contributed by atoms with E-state index in [0.717, 1.165) is 6.54 Å². The van der Waals surface area contributed by atoms with E-state index in [1.54, 1.807) is 0 Å². The van der Waals surface area contributed by atoms with Gasteiger partial charge < -0.3 is 5.32 Å². The predicted octanol–water partition coefficient (Wildman–Crippen LogP) is 3.43. The van der Waals surface area contributed by atoms with Crippen LogP contribution < -0.4 is 5.32 Å². The van der Waals surface area contributed by atoms with Crippen LogP contribution in [-0.2, 0) is 0 Å². The molecule has 2 nitrogen and oxygen atoms in total. The Kier molecular flexibility index (Phi) is 5.45. The number of hydrogen-bond acceptors (Lipinski definition) is 2. The van der Waals surface area contributed by atoms with Crippen LogP contribution in [-0.4, -0.2) is 30.6 Å². The molecule has 100 valence electrons. The minimum absolute atomic E-state index is 0.509. The van der Waals surface area contributed by atoms with E-state index < -0.39 is 0 Å². The third-order valence-corrected chi connectivity index (χ3v) is 4.64. The molecule has 2 rings (SSSR count). The zero-order valence-electron chi connectivity index (χ0n) is 11.3. The topological polar surface area (TPSA) is 15.3 Å². The van der Waals surface area contributed by atoms with Gasteiger partial charge in [0.25, 0.3) is 0 Å². The quantitative estimate of drug-likeness (QED) is 0.812. The second-order valence-electron chi connectivity index (χ2n) is 5.11. The first-order valence-corrected chi connectivity index (χ1v) is 8.01. The largest absolute Gasteiger partial charge is 0.313 e. The second kappa shape index (κ2) is 6.87. The highest BCUT2D eigenvalue weighted by atomic mass is 127. The molecule has 1 saturated heterocycles. The predicted molar refractivity (Wildman–Crippen MR) is 85.8 cm³/mol. The highest BCUT2D eigenvalue weighted by Crippen LogP contribution is 2.22. The molecule has 3 heteroatoms. The molecule has 0 aliphatic carbocycles. The van der Waals surface area contributed by atoms with Gasteiger partial charge >= 0.3 is 0 Å². The lowest BCUT2D eigenvalue weighted by molar-refractivity contribution is 0.202. The van der Waals surface area contributed by atoms with Gasteiger partial charge in [0.15, 0.2) is 0 Å². The molecule has 1 fully saturated rings. The van der Waals surface area contributed by atoms with E-state index in [4.69, 9.17) is 0 Å². The molecule has 0 radical (unpaired) electrons. The van der Waals surface area contributed by atoms with Crippen molar-refractivity contribution in [1.29, 1.82) is 0 Å². The Morgan fingerprint density at radius 3 is 2.67 bits per heavy atom. The standard InChI is InChI=1S/C15H23IN2/c1-3-18(11-15-5-4-10-17-15)12(2)13-6-8-14(16)9-7-13/h6-9,12,15,17H,3-5,10-11H2,1-2H3. The average Bonchev–Trinajstić information content (AvgIpc) is 2.89. The minimum atomic E-state index is 0.509. The Morgan fingerprint density at radius 2 is 2.11 bits per heavy atom. The second-order valence-corrected chi connectivity index (χ2v) is 6.35. The summed E-state index contributed by atoms with van der Waals surface area (Å²) in [5.74, 6) is 0. The van der Waals surface area contributed by atoms with Crippen LogP contribution in [0.5, 0.6) is 0 Å². The highest BCUT2D eigenvalue weighted by molar-refractivity contribution is 14.1. The molecule has 2 unspecified atom stereocenters. The molecule has 18 heavy (non-hydrogen) atoms. The summed E-state index contributed by atoms with van der Waals surface area (Å²) in [6, 6.07) is 10.1. The van der Waals surface area contributed by atoms with Gasteiger partial charge in [0, 0.05) is 22.2 Å². The summed E-state index contributed by atoms with van der Waals surface area (Å²) in [5.41, 5.74) is 1.43. The van der Waals surface area contributed by atoms with Crippen LogP contribution in [0, 0.1) is 3.57 Å². The van der Waals surface area contributed by atoms with E-state index >= 15 is 0 Å². The average molecular weight is 358 g/mol. The van der Waals surface area contributed by atoms with Gasteiger partial charge in [0.05, 0.1) is 0 Å². The Bertz CT molecular complexity index is 357. The van der Waals surface area contributed by atoms with E-state index in [1.807, 2.05) is 0 Å². The van der Waals surface area contributed by atoms with Crippen molar-refractivity contribution < 1.29 is 0 Å². The van der Waals surface area contributed by atoms with E-state index in [2.05, 4.69) is 70.9 Å². The van der Waals surface area contributed by atoms with Gasteiger partial charge in [-0.3, -0.25) is 4.90 Å². The van der Waals surface area contributed by atoms with Crippen molar-refractivity contribution in [3.8, 4) is 0 Å². The molecule has 0 aromatic heterocycles. The summed E-state index contributed by atoms with van der Waals surface area (Å²) >= 11 is 2.36. The van der Waals surface area contributed by atoms with Gasteiger partial charge in [-0.05, 0) is 73.1 Å². The third kappa shape index (κ3) is 3.68. The van der Waals surface area contributed by atoms with E-state index in [9.17, 15) is 0 Å². The molecule has 0 bridgehead atoms. The van der Waals surface area contributed by atoms with Gasteiger partial charge in [0.1, 0.15) is 0 Å². The summed E-state index contributed by atoms with van der Waals surface area (Å²) in [7, 11) is 0. The highest BCUT2D eigenvalue weighted by Gasteiger charge is 2.21. The molecule has 0 amide bonds. The fourth-order valence-electron chi connectivity index (χ4n) is 2.71. The van der Waals surface area contributed by atoms with E-state index in [-0.39, 0.29) is 0 Å². The van der Waals surface area contributed by atoms with Crippen LogP contribution in [0.2, 0.25) is 0 Å². The van der Waals surface area contributed by atoms with Gasteiger partial charge in [0.2, 0.25) is 0 Å². The number of hydrogen-bond donors (Lipinski definition) is 1. The molecular formula is C15H23IN2. The van der Waals surface area contributed by atoms with Gasteiger partial charge in [-0.25, -0.2) is 0 Å². The van der Waals surface area contributed by atoms with Crippen molar-refractivity contribution in [1.82, 2.24) is 10.2 Å². The van der Waals surface area contributed by atoms with Crippen LogP contribution in [0.3, 0.4) is 0 Å². The molecule has 0 spiro atoms. The lowest BCUT2D eigenvalue weighted by Crippen LogP contribution is -2.38. The van der Waals surface area contributed by atoms with Crippen LogP contribution >= 0.6 is 22.6 Å². The summed E-state index contributed by atoms with van der Waals surface area (Å²) < 4.78 is 1.31. The Labute approximate surface area is 124 Å². The third-order valence-electron chi connectivity index (χ3n) is 3.92. The summed E-state index contributed by atoms with van der Waals surface area (Å²) in [5, 5.41) is 3.59. The van der Waals surface area contributed by atoms with Crippen molar-refractivity contribution in [3.05, 3.63) is 33.4 Å². The summed E-state index contributed by atoms with van der Waals surface area (Å²) in [6.07, 6.45) is 2.66. The Balaban J connectivity index is 1.99. The number of nitrogens with one attached hydrogen (secondary N) is 1. The maximum Gasteiger partial charge on any atom is 0.0320 e. The molecular weight excluding hydrogens is 335 g/mol. The summed E-state index contributed by atoms with van der Waals surface area (Å²) in [4.78, 5) is 2.57. The molecule has 1 aliphatic heterocycles. The normalized spacial score (nSPS) is 21.4. The number of halogens is 1. The van der Waals surface area contributed by atoms with Crippen molar-refractivity contribution >= 4 is 22.6 Å². The monoisotopic (exact) mass is 358 g/mol. The van der Waals surface area contributed by atoms with Crippen molar-refractivity contribution in [2.75, 3.05) is 19.6 Å². The molecule has 1 N–H and O–H groups in total. The number of likely N-dealkylation sites (N-methyl/N-ethyl adjacent to an activating group) is 1. The number of nitrogens with zero attached hydrogens (tertiary/aromatic N) is 1. The zero-order valence-corrected chi connectivity index (χ0v) is 13.5. The summed E-state index contributed by atoms with van der Waals surface area (Å²) in [6.45, 7) is 8.06. The van der Waals surface area contributed by atoms with Gasteiger partial charge in [-0.15, -0.1) is 0 Å². The molecule has 1 aromatic carbocycles. The van der Waals surface area contributed by atoms with E-state index in [0.29, 0.717) is 12.1 Å².